The average Bonchev–Trinajstić information content (AvgIpc) is 2.73. The Morgan fingerprint density at radius 3 is 2.70 bits per heavy atom. The number of rotatable bonds is 2. The summed E-state index contributed by atoms with van der Waals surface area (Å²) in [5, 5.41) is 10.8. The van der Waals surface area contributed by atoms with Crippen molar-refractivity contribution in [3.63, 3.8) is 0 Å². The number of benzene rings is 1. The molecule has 2 heterocycles. The summed E-state index contributed by atoms with van der Waals surface area (Å²) >= 11 is 0. The highest BCUT2D eigenvalue weighted by Gasteiger charge is 2.15. The fourth-order valence-electron chi connectivity index (χ4n) is 2.28. The van der Waals surface area contributed by atoms with Crippen molar-refractivity contribution in [2.24, 2.45) is 0 Å². The predicted octanol–water partition coefficient (Wildman–Crippen LogP) is 2.95. The van der Waals surface area contributed by atoms with Gasteiger partial charge in [0.05, 0.1) is 16.0 Å². The van der Waals surface area contributed by atoms with E-state index in [1.807, 2.05) is 35.8 Å². The van der Waals surface area contributed by atoms with Crippen LogP contribution >= 0.6 is 0 Å². The lowest BCUT2D eigenvalue weighted by molar-refractivity contribution is -0.385. The van der Waals surface area contributed by atoms with E-state index in [1.54, 1.807) is 13.0 Å². The molecule has 0 N–H and O–H groups in total. The van der Waals surface area contributed by atoms with E-state index >= 15 is 0 Å². The smallest absolute Gasteiger partial charge is 0.281 e. The Hall–Kier alpha value is -2.76. The van der Waals surface area contributed by atoms with Crippen LogP contribution in [0, 0.1) is 24.0 Å². The second-order valence-corrected chi connectivity index (χ2v) is 4.57. The van der Waals surface area contributed by atoms with Gasteiger partial charge < -0.3 is 0 Å². The third kappa shape index (κ3) is 1.82. The van der Waals surface area contributed by atoms with E-state index in [0.29, 0.717) is 11.4 Å². The minimum Gasteiger partial charge on any atom is -0.281 e. The number of pyridine rings is 1. The van der Waals surface area contributed by atoms with Crippen molar-refractivity contribution in [1.29, 1.82) is 0 Å². The summed E-state index contributed by atoms with van der Waals surface area (Å²) in [7, 11) is 0. The quantitative estimate of drug-likeness (QED) is 0.529. The van der Waals surface area contributed by atoms with E-state index in [2.05, 4.69) is 9.97 Å². The lowest BCUT2D eigenvalue weighted by Crippen LogP contribution is -2.02. The molecule has 0 unspecified atom stereocenters. The van der Waals surface area contributed by atoms with Crippen LogP contribution in [0.5, 0.6) is 0 Å². The highest BCUT2D eigenvalue weighted by Crippen LogP contribution is 2.23. The number of hydrogen-bond acceptors (Lipinski definition) is 4. The number of fused-ring (bicyclic) bond motifs is 1. The zero-order valence-corrected chi connectivity index (χ0v) is 11.1. The first-order valence-electron chi connectivity index (χ1n) is 6.13. The minimum atomic E-state index is -0.426. The Labute approximate surface area is 114 Å². The van der Waals surface area contributed by atoms with Gasteiger partial charge >= 0.3 is 0 Å². The highest BCUT2D eigenvalue weighted by atomic mass is 16.6. The van der Waals surface area contributed by atoms with Gasteiger partial charge in [0.2, 0.25) is 0 Å². The molecule has 0 aliphatic rings. The van der Waals surface area contributed by atoms with E-state index in [4.69, 9.17) is 0 Å². The third-order valence-electron chi connectivity index (χ3n) is 3.22. The van der Waals surface area contributed by atoms with Crippen LogP contribution in [0.3, 0.4) is 0 Å². The van der Waals surface area contributed by atoms with Crippen LogP contribution in [0.1, 0.15) is 11.4 Å². The fourth-order valence-corrected chi connectivity index (χ4v) is 2.28. The second kappa shape index (κ2) is 4.41. The maximum atomic E-state index is 10.8. The maximum absolute atomic E-state index is 10.8. The van der Waals surface area contributed by atoms with Gasteiger partial charge in [0.1, 0.15) is 17.8 Å². The molecule has 0 aliphatic carbocycles. The molecule has 3 aromatic rings. The lowest BCUT2D eigenvalue weighted by atomic mass is 10.2. The van der Waals surface area contributed by atoms with Crippen LogP contribution < -0.4 is 0 Å². The number of nitrogens with zero attached hydrogens (tertiary/aromatic N) is 4. The van der Waals surface area contributed by atoms with Crippen LogP contribution in [-0.4, -0.2) is 19.5 Å². The van der Waals surface area contributed by atoms with Gasteiger partial charge in [-0.1, -0.05) is 12.1 Å². The van der Waals surface area contributed by atoms with Gasteiger partial charge in [0.15, 0.2) is 0 Å². The molecule has 0 bridgehead atoms. The molecule has 1 aromatic carbocycles. The molecule has 6 heteroatoms. The second-order valence-electron chi connectivity index (χ2n) is 4.57. The number of hydrogen-bond donors (Lipinski definition) is 0. The number of nitro groups is 1. The van der Waals surface area contributed by atoms with Crippen molar-refractivity contribution in [1.82, 2.24) is 14.5 Å². The zero-order valence-electron chi connectivity index (χ0n) is 11.1. The van der Waals surface area contributed by atoms with Gasteiger partial charge in [-0.2, -0.15) is 0 Å². The molecule has 3 rings (SSSR count). The standard InChI is InChI=1S/C14H12N4O2/c1-9-7-14(15-8-13(9)18(19)20)17-10(2)16-11-5-3-4-6-12(11)17/h3-8H,1-2H3. The van der Waals surface area contributed by atoms with Crippen molar-refractivity contribution >= 4 is 16.7 Å². The molecule has 20 heavy (non-hydrogen) atoms. The molecule has 0 radical (unpaired) electrons. The molecule has 0 saturated heterocycles. The molecule has 100 valence electrons. The lowest BCUT2D eigenvalue weighted by Gasteiger charge is -2.06. The average molecular weight is 268 g/mol. The summed E-state index contributed by atoms with van der Waals surface area (Å²) in [4.78, 5) is 19.1. The van der Waals surface area contributed by atoms with Crippen molar-refractivity contribution in [2.75, 3.05) is 0 Å². The fraction of sp³-hybridized carbons (Fsp3) is 0.143. The summed E-state index contributed by atoms with van der Waals surface area (Å²) in [6, 6.07) is 9.44. The zero-order chi connectivity index (χ0) is 14.3. The molecule has 0 amide bonds. The Balaban J connectivity index is 2.23. The van der Waals surface area contributed by atoms with Crippen molar-refractivity contribution in [3.8, 4) is 5.82 Å². The Morgan fingerprint density at radius 1 is 1.25 bits per heavy atom. The highest BCUT2D eigenvalue weighted by molar-refractivity contribution is 5.77. The first-order valence-corrected chi connectivity index (χ1v) is 6.13. The van der Waals surface area contributed by atoms with Gasteiger partial charge in [-0.3, -0.25) is 14.7 Å². The number of aryl methyl sites for hydroxylation is 2. The topological polar surface area (TPSA) is 73.8 Å². The van der Waals surface area contributed by atoms with E-state index < -0.39 is 4.92 Å². The van der Waals surface area contributed by atoms with Crippen LogP contribution in [-0.2, 0) is 0 Å². The summed E-state index contributed by atoms with van der Waals surface area (Å²) in [5.41, 5.74) is 2.42. The Morgan fingerprint density at radius 2 is 2.00 bits per heavy atom. The molecule has 0 fully saturated rings. The summed E-state index contributed by atoms with van der Waals surface area (Å²) in [5.74, 6) is 1.44. The van der Waals surface area contributed by atoms with Gasteiger partial charge in [-0.15, -0.1) is 0 Å². The van der Waals surface area contributed by atoms with Crippen LogP contribution in [0.15, 0.2) is 36.5 Å². The van der Waals surface area contributed by atoms with E-state index in [0.717, 1.165) is 16.9 Å². The Bertz CT molecular complexity index is 823. The predicted molar refractivity (Wildman–Crippen MR) is 75.0 cm³/mol. The molecular weight excluding hydrogens is 256 g/mol. The van der Waals surface area contributed by atoms with E-state index in [9.17, 15) is 10.1 Å². The van der Waals surface area contributed by atoms with E-state index in [1.165, 1.54) is 6.20 Å². The molecule has 0 aliphatic heterocycles. The van der Waals surface area contributed by atoms with Gasteiger partial charge in [0.25, 0.3) is 5.69 Å². The minimum absolute atomic E-state index is 0.0239. The van der Waals surface area contributed by atoms with Crippen LogP contribution in [0.2, 0.25) is 0 Å². The first-order chi connectivity index (χ1) is 9.58. The van der Waals surface area contributed by atoms with E-state index in [-0.39, 0.29) is 5.69 Å². The van der Waals surface area contributed by atoms with Crippen LogP contribution in [0.4, 0.5) is 5.69 Å². The van der Waals surface area contributed by atoms with Crippen LogP contribution in [0.25, 0.3) is 16.9 Å². The number of imidazole rings is 1. The number of aromatic nitrogens is 3. The summed E-state index contributed by atoms with van der Waals surface area (Å²) in [6.45, 7) is 3.59. The molecule has 2 aromatic heterocycles. The molecule has 0 spiro atoms. The molecule has 6 nitrogen and oxygen atoms in total. The monoisotopic (exact) mass is 268 g/mol. The number of para-hydroxylation sites is 2. The third-order valence-corrected chi connectivity index (χ3v) is 3.22. The SMILES string of the molecule is Cc1cc(-n2c(C)nc3ccccc32)ncc1[N+](=O)[O-]. The van der Waals surface area contributed by atoms with Gasteiger partial charge in [0, 0.05) is 5.56 Å². The van der Waals surface area contributed by atoms with Gasteiger partial charge in [-0.05, 0) is 32.0 Å². The van der Waals surface area contributed by atoms with Gasteiger partial charge in [-0.25, -0.2) is 9.97 Å². The maximum Gasteiger partial charge on any atom is 0.290 e. The molecule has 0 atom stereocenters. The van der Waals surface area contributed by atoms with Crippen molar-refractivity contribution < 1.29 is 4.92 Å². The summed E-state index contributed by atoms with van der Waals surface area (Å²) < 4.78 is 1.89. The summed E-state index contributed by atoms with van der Waals surface area (Å²) in [6.07, 6.45) is 1.29. The molecule has 0 saturated carbocycles. The Kier molecular flexibility index (Phi) is 2.71. The van der Waals surface area contributed by atoms with Crippen molar-refractivity contribution in [2.45, 2.75) is 13.8 Å². The molecular formula is C14H12N4O2. The largest absolute Gasteiger partial charge is 0.290 e. The normalized spacial score (nSPS) is 10.9. The first kappa shape index (κ1) is 12.3. The van der Waals surface area contributed by atoms with Crippen molar-refractivity contribution in [3.05, 3.63) is 58.0 Å².